The molecule has 5 nitrogen and oxygen atoms in total. The monoisotopic (exact) mass is 311 g/mol. The molecular weight excluding hydrogens is 290 g/mol. The average Bonchev–Trinajstić information content (AvgIpc) is 2.99. The first kappa shape index (κ1) is 15.5. The third kappa shape index (κ3) is 3.88. The summed E-state index contributed by atoms with van der Waals surface area (Å²) in [4.78, 5) is 12.5. The second-order valence-electron chi connectivity index (χ2n) is 5.73. The van der Waals surface area contributed by atoms with Gasteiger partial charge >= 0.3 is 0 Å². The Balaban J connectivity index is 1.68. The van der Waals surface area contributed by atoms with E-state index in [2.05, 4.69) is 16.0 Å². The fourth-order valence-corrected chi connectivity index (χ4v) is 2.71. The normalized spacial score (nSPS) is 20.2. The van der Waals surface area contributed by atoms with E-state index < -0.39 is 6.10 Å². The third-order valence-corrected chi connectivity index (χ3v) is 4.05. The Labute approximate surface area is 135 Å². The highest BCUT2D eigenvalue weighted by atomic mass is 16.3. The number of hydrogen-bond donors (Lipinski definition) is 4. The minimum absolute atomic E-state index is 0.0631. The predicted molar refractivity (Wildman–Crippen MR) is 90.9 cm³/mol. The molecule has 0 saturated carbocycles. The van der Waals surface area contributed by atoms with Crippen LogP contribution in [0.1, 0.15) is 10.4 Å². The molecule has 1 amide bonds. The van der Waals surface area contributed by atoms with Gasteiger partial charge in [0.25, 0.3) is 5.91 Å². The highest BCUT2D eigenvalue weighted by Gasteiger charge is 2.25. The van der Waals surface area contributed by atoms with Gasteiger partial charge in [-0.25, -0.2) is 0 Å². The van der Waals surface area contributed by atoms with Gasteiger partial charge in [-0.05, 0) is 24.3 Å². The minimum atomic E-state index is -0.395. The van der Waals surface area contributed by atoms with E-state index in [-0.39, 0.29) is 11.8 Å². The second kappa shape index (κ2) is 7.26. The Morgan fingerprint density at radius 2 is 1.83 bits per heavy atom. The molecule has 1 saturated heterocycles. The molecule has 0 radical (unpaired) electrons. The van der Waals surface area contributed by atoms with Crippen molar-refractivity contribution in [3.63, 3.8) is 0 Å². The molecule has 120 valence electrons. The zero-order valence-electron chi connectivity index (χ0n) is 12.8. The molecule has 4 N–H and O–H groups in total. The van der Waals surface area contributed by atoms with Crippen molar-refractivity contribution in [3.05, 3.63) is 60.2 Å². The largest absolute Gasteiger partial charge is 0.391 e. The fraction of sp³-hybridized carbons (Fsp3) is 0.278. The zero-order valence-corrected chi connectivity index (χ0v) is 12.8. The molecule has 1 aliphatic rings. The summed E-state index contributed by atoms with van der Waals surface area (Å²) in [6.45, 7) is 1.78. The molecular formula is C18H21N3O2. The molecule has 5 heteroatoms. The lowest BCUT2D eigenvalue weighted by molar-refractivity contribution is 0.0928. The van der Waals surface area contributed by atoms with Crippen LogP contribution in [0.15, 0.2) is 54.6 Å². The number of benzene rings is 2. The summed E-state index contributed by atoms with van der Waals surface area (Å²) < 4.78 is 0. The van der Waals surface area contributed by atoms with Crippen LogP contribution in [0.4, 0.5) is 11.4 Å². The van der Waals surface area contributed by atoms with Crippen LogP contribution in [0.3, 0.4) is 0 Å². The van der Waals surface area contributed by atoms with Crippen molar-refractivity contribution >= 4 is 17.3 Å². The summed E-state index contributed by atoms with van der Waals surface area (Å²) >= 11 is 0. The molecule has 0 aliphatic carbocycles. The fourth-order valence-electron chi connectivity index (χ4n) is 2.71. The van der Waals surface area contributed by atoms with Crippen LogP contribution in [0.25, 0.3) is 0 Å². The number of anilines is 2. The molecule has 3 rings (SSSR count). The molecule has 23 heavy (non-hydrogen) atoms. The van der Waals surface area contributed by atoms with Crippen LogP contribution in [-0.2, 0) is 0 Å². The number of aliphatic hydroxyl groups is 1. The standard InChI is InChI=1S/C18H21N3O2/c22-17-12-19-10-13(17)11-20-18(23)15-8-4-5-9-16(15)21-14-6-2-1-3-7-14/h1-9,13,17,19,21-22H,10-12H2,(H,20,23). The smallest absolute Gasteiger partial charge is 0.253 e. The van der Waals surface area contributed by atoms with Crippen molar-refractivity contribution < 1.29 is 9.90 Å². The van der Waals surface area contributed by atoms with Gasteiger partial charge in [0.1, 0.15) is 0 Å². The lowest BCUT2D eigenvalue weighted by atomic mass is 10.1. The Morgan fingerprint density at radius 1 is 1.09 bits per heavy atom. The van der Waals surface area contributed by atoms with Gasteiger partial charge in [-0.1, -0.05) is 30.3 Å². The molecule has 1 heterocycles. The number of carbonyl (C=O) groups excluding carboxylic acids is 1. The van der Waals surface area contributed by atoms with Crippen LogP contribution < -0.4 is 16.0 Å². The van der Waals surface area contributed by atoms with Crippen molar-refractivity contribution in [3.8, 4) is 0 Å². The second-order valence-corrected chi connectivity index (χ2v) is 5.73. The maximum absolute atomic E-state index is 12.5. The number of amides is 1. The van der Waals surface area contributed by atoms with Crippen molar-refractivity contribution in [2.45, 2.75) is 6.10 Å². The maximum atomic E-state index is 12.5. The van der Waals surface area contributed by atoms with Gasteiger partial charge in [-0.3, -0.25) is 4.79 Å². The maximum Gasteiger partial charge on any atom is 0.253 e. The van der Waals surface area contributed by atoms with Gasteiger partial charge in [0.2, 0.25) is 0 Å². The molecule has 0 aromatic heterocycles. The van der Waals surface area contributed by atoms with E-state index in [9.17, 15) is 9.90 Å². The number of hydrogen-bond acceptors (Lipinski definition) is 4. The molecule has 1 aliphatic heterocycles. The van der Waals surface area contributed by atoms with Crippen molar-refractivity contribution in [1.82, 2.24) is 10.6 Å². The zero-order chi connectivity index (χ0) is 16.1. The lowest BCUT2D eigenvalue weighted by Gasteiger charge is -2.16. The number of aliphatic hydroxyl groups excluding tert-OH is 1. The number of carbonyl (C=O) groups is 1. The minimum Gasteiger partial charge on any atom is -0.391 e. The van der Waals surface area contributed by atoms with E-state index in [4.69, 9.17) is 0 Å². The van der Waals surface area contributed by atoms with E-state index >= 15 is 0 Å². The molecule has 1 fully saturated rings. The Morgan fingerprint density at radius 3 is 2.57 bits per heavy atom. The van der Waals surface area contributed by atoms with Gasteiger partial charge < -0.3 is 21.1 Å². The first-order valence-electron chi connectivity index (χ1n) is 7.82. The lowest BCUT2D eigenvalue weighted by Crippen LogP contribution is -2.34. The Bertz CT molecular complexity index is 660. The highest BCUT2D eigenvalue weighted by Crippen LogP contribution is 2.20. The van der Waals surface area contributed by atoms with Gasteiger partial charge in [-0.15, -0.1) is 0 Å². The predicted octanol–water partition coefficient (Wildman–Crippen LogP) is 1.74. The summed E-state index contributed by atoms with van der Waals surface area (Å²) in [5.74, 6) is -0.0728. The quantitative estimate of drug-likeness (QED) is 0.679. The van der Waals surface area contributed by atoms with Crippen LogP contribution in [-0.4, -0.2) is 36.8 Å². The van der Waals surface area contributed by atoms with E-state index in [1.165, 1.54) is 0 Å². The van der Waals surface area contributed by atoms with Gasteiger partial charge in [-0.2, -0.15) is 0 Å². The van der Waals surface area contributed by atoms with Crippen molar-refractivity contribution in [2.24, 2.45) is 5.92 Å². The third-order valence-electron chi connectivity index (χ3n) is 4.05. The summed E-state index contributed by atoms with van der Waals surface area (Å²) in [5.41, 5.74) is 2.29. The van der Waals surface area contributed by atoms with Gasteiger partial charge in [0.05, 0.1) is 17.4 Å². The van der Waals surface area contributed by atoms with Gasteiger partial charge in [0.15, 0.2) is 0 Å². The Kier molecular flexibility index (Phi) is 4.90. The van der Waals surface area contributed by atoms with E-state index in [0.29, 0.717) is 18.7 Å². The van der Waals surface area contributed by atoms with Crippen molar-refractivity contribution in [1.29, 1.82) is 0 Å². The molecule has 0 bridgehead atoms. The molecule has 2 unspecified atom stereocenters. The number of β-amino-alcohol motifs (C(OH)–C–C–N with tert-alkyl or cyclic N) is 1. The van der Waals surface area contributed by atoms with Crippen LogP contribution >= 0.6 is 0 Å². The summed E-state index contributed by atoms with van der Waals surface area (Å²) in [7, 11) is 0. The van der Waals surface area contributed by atoms with E-state index in [1.807, 2.05) is 48.5 Å². The topological polar surface area (TPSA) is 73.4 Å². The summed E-state index contributed by atoms with van der Waals surface area (Å²) in [6.07, 6.45) is -0.395. The molecule has 2 aromatic rings. The number of rotatable bonds is 5. The first-order valence-corrected chi connectivity index (χ1v) is 7.82. The average molecular weight is 311 g/mol. The highest BCUT2D eigenvalue weighted by molar-refractivity contribution is 6.00. The van der Waals surface area contributed by atoms with Crippen LogP contribution in [0, 0.1) is 5.92 Å². The molecule has 2 aromatic carbocycles. The van der Waals surface area contributed by atoms with Gasteiger partial charge in [0, 0.05) is 31.2 Å². The summed E-state index contributed by atoms with van der Waals surface area (Å²) in [5, 5.41) is 19.1. The molecule has 2 atom stereocenters. The first-order chi connectivity index (χ1) is 11.2. The van der Waals surface area contributed by atoms with Crippen LogP contribution in [0.2, 0.25) is 0 Å². The SMILES string of the molecule is O=C(NCC1CNCC1O)c1ccccc1Nc1ccccc1. The van der Waals surface area contributed by atoms with E-state index in [0.717, 1.165) is 17.9 Å². The summed E-state index contributed by atoms with van der Waals surface area (Å²) in [6, 6.07) is 17.2. The van der Waals surface area contributed by atoms with Crippen molar-refractivity contribution in [2.75, 3.05) is 25.0 Å². The molecule has 0 spiro atoms. The number of para-hydroxylation sites is 2. The number of nitrogens with one attached hydrogen (secondary N) is 3. The van der Waals surface area contributed by atoms with Crippen LogP contribution in [0.5, 0.6) is 0 Å². The Hall–Kier alpha value is -2.37. The van der Waals surface area contributed by atoms with E-state index in [1.54, 1.807) is 6.07 Å².